The maximum atomic E-state index is 9.20. The quantitative estimate of drug-likeness (QED) is 0.609. The average Bonchev–Trinajstić information content (AvgIpc) is 2.30. The molecule has 2 rings (SSSR count). The first kappa shape index (κ1) is 11.4. The first-order valence-corrected chi connectivity index (χ1v) is 5.34. The summed E-state index contributed by atoms with van der Waals surface area (Å²) in [6, 6.07) is 3.85. The Morgan fingerprint density at radius 1 is 1.41 bits per heavy atom. The van der Waals surface area contributed by atoms with Crippen LogP contribution in [0, 0.1) is 18.3 Å². The number of allylic oxidation sites excluding steroid dienone is 4. The van der Waals surface area contributed by atoms with Crippen molar-refractivity contribution >= 4 is 17.2 Å². The van der Waals surface area contributed by atoms with Gasteiger partial charge in [0, 0.05) is 11.9 Å². The molecule has 4 nitrogen and oxygen atoms in total. The molecule has 0 bridgehead atoms. The van der Waals surface area contributed by atoms with Crippen molar-refractivity contribution in [1.29, 1.82) is 5.26 Å². The minimum absolute atomic E-state index is 0.142. The zero-order valence-electron chi connectivity index (χ0n) is 9.11. The second-order valence-corrected chi connectivity index (χ2v) is 3.76. The van der Waals surface area contributed by atoms with Gasteiger partial charge < -0.3 is 5.32 Å². The van der Waals surface area contributed by atoms with Crippen LogP contribution in [0.5, 0.6) is 0 Å². The highest BCUT2D eigenvalue weighted by Crippen LogP contribution is 2.19. The van der Waals surface area contributed by atoms with Crippen LogP contribution < -0.4 is 5.32 Å². The number of rotatable bonds is 1. The SMILES string of the molecule is Cc1cc(/C(C#N)=C2/C=CC=CN2)nc(Cl)n1. The molecule has 1 aliphatic heterocycles. The lowest BCUT2D eigenvalue weighted by atomic mass is 10.1. The van der Waals surface area contributed by atoms with E-state index in [1.54, 1.807) is 19.2 Å². The predicted octanol–water partition coefficient (Wildman–Crippen LogP) is 2.35. The Balaban J connectivity index is 2.53. The normalized spacial score (nSPS) is 16.3. The number of aryl methyl sites for hydroxylation is 1. The van der Waals surface area contributed by atoms with E-state index >= 15 is 0 Å². The van der Waals surface area contributed by atoms with E-state index in [4.69, 9.17) is 11.6 Å². The number of halogens is 1. The van der Waals surface area contributed by atoms with Crippen LogP contribution in [0.15, 0.2) is 36.2 Å². The van der Waals surface area contributed by atoms with Crippen molar-refractivity contribution in [3.8, 4) is 6.07 Å². The lowest BCUT2D eigenvalue weighted by Crippen LogP contribution is -2.08. The standard InChI is InChI=1S/C12H9ClN4/c1-8-6-11(17-12(13)16-8)9(7-14)10-4-2-3-5-15-10/h2-6,15H,1H3/b10-9-. The summed E-state index contributed by atoms with van der Waals surface area (Å²) in [4.78, 5) is 8.02. The van der Waals surface area contributed by atoms with Gasteiger partial charge >= 0.3 is 0 Å². The fraction of sp³-hybridized carbons (Fsp3) is 0.0833. The smallest absolute Gasteiger partial charge is 0.223 e. The third-order valence-electron chi connectivity index (χ3n) is 2.17. The molecule has 0 saturated carbocycles. The van der Waals surface area contributed by atoms with Crippen molar-refractivity contribution in [2.75, 3.05) is 0 Å². The summed E-state index contributed by atoms with van der Waals surface area (Å²) < 4.78 is 0. The van der Waals surface area contributed by atoms with Gasteiger partial charge in [0.15, 0.2) is 0 Å². The monoisotopic (exact) mass is 244 g/mol. The first-order chi connectivity index (χ1) is 8.20. The highest BCUT2D eigenvalue weighted by molar-refractivity contribution is 6.28. The Bertz CT molecular complexity index is 558. The van der Waals surface area contributed by atoms with E-state index in [0.29, 0.717) is 17.0 Å². The van der Waals surface area contributed by atoms with Crippen LogP contribution in [0.25, 0.3) is 5.57 Å². The van der Waals surface area contributed by atoms with Crippen LogP contribution in [-0.2, 0) is 0 Å². The topological polar surface area (TPSA) is 61.6 Å². The summed E-state index contributed by atoms with van der Waals surface area (Å²) in [6.45, 7) is 1.81. The lowest BCUT2D eigenvalue weighted by Gasteiger charge is -2.09. The summed E-state index contributed by atoms with van der Waals surface area (Å²) >= 11 is 5.78. The van der Waals surface area contributed by atoms with Crippen molar-refractivity contribution in [3.05, 3.63) is 52.9 Å². The molecule has 84 valence electrons. The summed E-state index contributed by atoms with van der Waals surface area (Å²) in [5.41, 5.74) is 2.39. The maximum absolute atomic E-state index is 9.20. The van der Waals surface area contributed by atoms with Gasteiger partial charge in [0.25, 0.3) is 0 Å². The maximum Gasteiger partial charge on any atom is 0.223 e. The summed E-state index contributed by atoms with van der Waals surface area (Å²) in [5.74, 6) is 0. The van der Waals surface area contributed by atoms with Crippen molar-refractivity contribution in [2.45, 2.75) is 6.92 Å². The summed E-state index contributed by atoms with van der Waals surface area (Å²) in [7, 11) is 0. The van der Waals surface area contributed by atoms with Gasteiger partial charge in [-0.1, -0.05) is 6.08 Å². The van der Waals surface area contributed by atoms with E-state index in [1.807, 2.05) is 18.2 Å². The van der Waals surface area contributed by atoms with Gasteiger partial charge in [0.2, 0.25) is 5.28 Å². The molecule has 1 aromatic heterocycles. The van der Waals surface area contributed by atoms with Gasteiger partial charge in [-0.15, -0.1) is 0 Å². The Morgan fingerprint density at radius 3 is 2.82 bits per heavy atom. The van der Waals surface area contributed by atoms with Gasteiger partial charge in [0.1, 0.15) is 11.6 Å². The number of nitrogens with zero attached hydrogens (tertiary/aromatic N) is 3. The molecule has 0 spiro atoms. The van der Waals surface area contributed by atoms with E-state index in [0.717, 1.165) is 5.69 Å². The van der Waals surface area contributed by atoms with E-state index in [-0.39, 0.29) is 5.28 Å². The highest BCUT2D eigenvalue weighted by atomic mass is 35.5. The largest absolute Gasteiger partial charge is 0.361 e. The van der Waals surface area contributed by atoms with Crippen molar-refractivity contribution in [3.63, 3.8) is 0 Å². The second-order valence-electron chi connectivity index (χ2n) is 3.43. The minimum atomic E-state index is 0.142. The predicted molar refractivity (Wildman–Crippen MR) is 65.7 cm³/mol. The molecule has 0 amide bonds. The average molecular weight is 245 g/mol. The Hall–Kier alpha value is -2.12. The fourth-order valence-electron chi connectivity index (χ4n) is 1.46. The Morgan fingerprint density at radius 2 is 2.24 bits per heavy atom. The molecular formula is C12H9ClN4. The molecule has 5 heteroatoms. The van der Waals surface area contributed by atoms with Gasteiger partial charge in [-0.3, -0.25) is 0 Å². The number of nitrogens with one attached hydrogen (secondary N) is 1. The van der Waals surface area contributed by atoms with Crippen LogP contribution in [-0.4, -0.2) is 9.97 Å². The number of aromatic nitrogens is 2. The minimum Gasteiger partial charge on any atom is -0.361 e. The number of hydrogen-bond acceptors (Lipinski definition) is 4. The van der Waals surface area contributed by atoms with Crippen LogP contribution in [0.2, 0.25) is 5.28 Å². The van der Waals surface area contributed by atoms with E-state index < -0.39 is 0 Å². The summed E-state index contributed by atoms with van der Waals surface area (Å²) in [6.07, 6.45) is 7.25. The van der Waals surface area contributed by atoms with Gasteiger partial charge in [-0.2, -0.15) is 5.26 Å². The third kappa shape index (κ3) is 2.52. The van der Waals surface area contributed by atoms with Gasteiger partial charge in [0.05, 0.1) is 11.4 Å². The van der Waals surface area contributed by atoms with Crippen molar-refractivity contribution < 1.29 is 0 Å². The van der Waals surface area contributed by atoms with Crippen LogP contribution in [0.4, 0.5) is 0 Å². The molecule has 0 radical (unpaired) electrons. The molecule has 2 heterocycles. The van der Waals surface area contributed by atoms with E-state index in [2.05, 4.69) is 21.4 Å². The molecule has 0 unspecified atom stereocenters. The number of hydrogen-bond donors (Lipinski definition) is 1. The van der Waals surface area contributed by atoms with Crippen LogP contribution in [0.1, 0.15) is 11.4 Å². The molecule has 0 aromatic carbocycles. The zero-order valence-corrected chi connectivity index (χ0v) is 9.86. The molecule has 0 fully saturated rings. The fourth-order valence-corrected chi connectivity index (χ4v) is 1.69. The molecular weight excluding hydrogens is 236 g/mol. The van der Waals surface area contributed by atoms with Gasteiger partial charge in [-0.05, 0) is 36.7 Å². The molecule has 1 aromatic rings. The van der Waals surface area contributed by atoms with E-state index in [1.165, 1.54) is 0 Å². The second kappa shape index (κ2) is 4.81. The third-order valence-corrected chi connectivity index (χ3v) is 2.34. The van der Waals surface area contributed by atoms with Gasteiger partial charge in [-0.25, -0.2) is 9.97 Å². The molecule has 1 N–H and O–H groups in total. The van der Waals surface area contributed by atoms with Crippen LogP contribution >= 0.6 is 11.6 Å². The Labute approximate surface area is 104 Å². The molecule has 0 atom stereocenters. The zero-order chi connectivity index (χ0) is 12.3. The van der Waals surface area contributed by atoms with Crippen molar-refractivity contribution in [2.24, 2.45) is 0 Å². The molecule has 1 aliphatic rings. The number of dihydropyridines is 1. The highest BCUT2D eigenvalue weighted by Gasteiger charge is 2.10. The summed E-state index contributed by atoms with van der Waals surface area (Å²) in [5, 5.41) is 12.3. The molecule has 0 aliphatic carbocycles. The Kier molecular flexibility index (Phi) is 3.22. The van der Waals surface area contributed by atoms with Crippen LogP contribution in [0.3, 0.4) is 0 Å². The first-order valence-electron chi connectivity index (χ1n) is 4.96. The molecule has 0 saturated heterocycles. The van der Waals surface area contributed by atoms with E-state index in [9.17, 15) is 5.26 Å². The molecule has 17 heavy (non-hydrogen) atoms. The van der Waals surface area contributed by atoms with Crippen molar-refractivity contribution in [1.82, 2.24) is 15.3 Å². The number of nitriles is 1. The lowest BCUT2D eigenvalue weighted by molar-refractivity contribution is 1.06.